The average Bonchev–Trinajstić information content (AvgIpc) is 2.75. The van der Waals surface area contributed by atoms with Crippen LogP contribution in [0.25, 0.3) is 0 Å². The Kier molecular flexibility index (Phi) is 8.63. The summed E-state index contributed by atoms with van der Waals surface area (Å²) in [5, 5.41) is 10.5. The van der Waals surface area contributed by atoms with Crippen LogP contribution in [0.2, 0.25) is 0 Å². The van der Waals surface area contributed by atoms with Gasteiger partial charge in [0.1, 0.15) is 11.5 Å². The number of rotatable bonds is 11. The van der Waals surface area contributed by atoms with Gasteiger partial charge in [-0.3, -0.25) is 0 Å². The van der Waals surface area contributed by atoms with Crippen LogP contribution in [0.4, 0.5) is 0 Å². The van der Waals surface area contributed by atoms with Gasteiger partial charge in [0.05, 0.1) is 18.5 Å². The highest BCUT2D eigenvalue weighted by atomic mass is 32.2. The first-order valence-electron chi connectivity index (χ1n) is 11.8. The number of aliphatic hydroxyl groups is 1. The molecule has 0 heterocycles. The van der Waals surface area contributed by atoms with Gasteiger partial charge < -0.3 is 14.0 Å². The standard InChI is InChI=1S/C27H40O5S/c1-9-26(7,28)21(6)18-31-24-14-12-22(16-19(24)4)27(10-2,11-3)23-13-15-25(20(5)17-23)32-33(8,29)30/h12-17,21,28H,9-11,18H2,1-8H3. The molecule has 0 bridgehead atoms. The molecule has 0 aliphatic heterocycles. The Bertz CT molecular complexity index is 1050. The van der Waals surface area contributed by atoms with Crippen LogP contribution in [0.1, 0.15) is 76.1 Å². The van der Waals surface area contributed by atoms with Crippen LogP contribution in [-0.2, 0) is 15.5 Å². The van der Waals surface area contributed by atoms with Crippen molar-refractivity contribution in [2.45, 2.75) is 78.7 Å². The molecule has 0 aliphatic carbocycles. The number of aryl methyl sites for hydroxylation is 2. The highest BCUT2D eigenvalue weighted by Crippen LogP contribution is 2.41. The third kappa shape index (κ3) is 6.30. The van der Waals surface area contributed by atoms with E-state index in [4.69, 9.17) is 8.92 Å². The van der Waals surface area contributed by atoms with Gasteiger partial charge in [-0.2, -0.15) is 8.42 Å². The zero-order valence-corrected chi connectivity index (χ0v) is 22.2. The van der Waals surface area contributed by atoms with E-state index in [1.807, 2.05) is 52.8 Å². The zero-order chi connectivity index (χ0) is 25.0. The summed E-state index contributed by atoms with van der Waals surface area (Å²) in [5.41, 5.74) is 3.21. The largest absolute Gasteiger partial charge is 0.493 e. The Morgan fingerprint density at radius 3 is 1.79 bits per heavy atom. The minimum Gasteiger partial charge on any atom is -0.493 e. The van der Waals surface area contributed by atoms with Gasteiger partial charge in [0.15, 0.2) is 0 Å². The van der Waals surface area contributed by atoms with Crippen molar-refractivity contribution < 1.29 is 22.4 Å². The Morgan fingerprint density at radius 1 is 0.909 bits per heavy atom. The van der Waals surface area contributed by atoms with Gasteiger partial charge in [-0.1, -0.05) is 52.0 Å². The molecular formula is C27H40O5S. The maximum atomic E-state index is 11.6. The molecule has 184 valence electrons. The second-order valence-corrected chi connectivity index (χ2v) is 11.0. The summed E-state index contributed by atoms with van der Waals surface area (Å²) < 4.78 is 34.3. The fourth-order valence-electron chi connectivity index (χ4n) is 4.29. The van der Waals surface area contributed by atoms with Gasteiger partial charge in [0, 0.05) is 11.3 Å². The van der Waals surface area contributed by atoms with Gasteiger partial charge in [-0.25, -0.2) is 0 Å². The highest BCUT2D eigenvalue weighted by molar-refractivity contribution is 7.86. The first-order valence-corrected chi connectivity index (χ1v) is 13.6. The molecule has 0 aromatic heterocycles. The summed E-state index contributed by atoms with van der Waals surface area (Å²) in [5.74, 6) is 1.20. The summed E-state index contributed by atoms with van der Waals surface area (Å²) >= 11 is 0. The van der Waals surface area contributed by atoms with Crippen LogP contribution in [0.3, 0.4) is 0 Å². The van der Waals surface area contributed by atoms with Crippen molar-refractivity contribution in [2.24, 2.45) is 5.92 Å². The lowest BCUT2D eigenvalue weighted by Gasteiger charge is -2.34. The van der Waals surface area contributed by atoms with E-state index in [1.165, 1.54) is 5.56 Å². The summed E-state index contributed by atoms with van der Waals surface area (Å²) in [6.07, 6.45) is 3.52. The molecule has 5 nitrogen and oxygen atoms in total. The number of hydrogen-bond acceptors (Lipinski definition) is 5. The Balaban J connectivity index is 2.37. The first kappa shape index (κ1) is 27.2. The summed E-state index contributed by atoms with van der Waals surface area (Å²) in [6, 6.07) is 12.1. The maximum absolute atomic E-state index is 11.6. The van der Waals surface area contributed by atoms with Gasteiger partial charge in [0.25, 0.3) is 0 Å². The average molecular weight is 477 g/mol. The molecule has 1 N–H and O–H groups in total. The van der Waals surface area contributed by atoms with Crippen LogP contribution in [0, 0.1) is 19.8 Å². The van der Waals surface area contributed by atoms with Crippen molar-refractivity contribution in [1.82, 2.24) is 0 Å². The van der Waals surface area contributed by atoms with E-state index in [2.05, 4.69) is 26.0 Å². The predicted molar refractivity (Wildman–Crippen MR) is 135 cm³/mol. The van der Waals surface area contributed by atoms with E-state index in [-0.39, 0.29) is 11.3 Å². The van der Waals surface area contributed by atoms with Crippen molar-refractivity contribution in [3.63, 3.8) is 0 Å². The van der Waals surface area contributed by atoms with Gasteiger partial charge in [-0.15, -0.1) is 0 Å². The molecule has 2 aromatic rings. The minimum absolute atomic E-state index is 0.0163. The van der Waals surface area contributed by atoms with E-state index >= 15 is 0 Å². The number of hydrogen-bond donors (Lipinski definition) is 1. The Labute approximate surface area is 200 Å². The van der Waals surface area contributed by atoms with E-state index in [1.54, 1.807) is 6.07 Å². The lowest BCUT2D eigenvalue weighted by atomic mass is 9.70. The number of ether oxygens (including phenoxy) is 1. The van der Waals surface area contributed by atoms with Gasteiger partial charge in [-0.05, 0) is 74.4 Å². The van der Waals surface area contributed by atoms with E-state index in [0.717, 1.165) is 41.5 Å². The molecule has 0 saturated heterocycles. The molecular weight excluding hydrogens is 436 g/mol. The SMILES string of the molecule is CCC(CC)(c1ccc(OCC(C)C(C)(O)CC)c(C)c1)c1ccc(OS(C)(=O)=O)c(C)c1. The normalized spacial score (nSPS) is 15.1. The van der Waals surface area contributed by atoms with E-state index in [0.29, 0.717) is 18.8 Å². The summed E-state index contributed by atoms with van der Waals surface area (Å²) in [4.78, 5) is 0. The summed E-state index contributed by atoms with van der Waals surface area (Å²) in [6.45, 7) is 14.6. The lowest BCUT2D eigenvalue weighted by Crippen LogP contribution is -2.35. The Morgan fingerprint density at radius 2 is 1.39 bits per heavy atom. The fraction of sp³-hybridized carbons (Fsp3) is 0.556. The van der Waals surface area contributed by atoms with Crippen LogP contribution in [-0.4, -0.2) is 32.0 Å². The van der Waals surface area contributed by atoms with Crippen LogP contribution in [0.5, 0.6) is 11.5 Å². The first-order chi connectivity index (χ1) is 15.3. The molecule has 2 unspecified atom stereocenters. The molecule has 0 saturated carbocycles. The van der Waals surface area contributed by atoms with Crippen molar-refractivity contribution >= 4 is 10.1 Å². The molecule has 2 rings (SSSR count). The lowest BCUT2D eigenvalue weighted by molar-refractivity contribution is -0.0150. The third-order valence-corrected chi connectivity index (χ3v) is 7.65. The molecule has 0 fully saturated rings. The molecule has 0 radical (unpaired) electrons. The summed E-state index contributed by atoms with van der Waals surface area (Å²) in [7, 11) is -3.57. The van der Waals surface area contributed by atoms with Crippen molar-refractivity contribution in [2.75, 3.05) is 12.9 Å². The Hall–Kier alpha value is -2.05. The van der Waals surface area contributed by atoms with Crippen molar-refractivity contribution in [3.8, 4) is 11.5 Å². The van der Waals surface area contributed by atoms with Crippen molar-refractivity contribution in [3.05, 3.63) is 58.7 Å². The number of benzene rings is 2. The van der Waals surface area contributed by atoms with E-state index in [9.17, 15) is 13.5 Å². The zero-order valence-electron chi connectivity index (χ0n) is 21.4. The maximum Gasteiger partial charge on any atom is 0.306 e. The molecule has 6 heteroatoms. The monoisotopic (exact) mass is 476 g/mol. The van der Waals surface area contributed by atoms with Gasteiger partial charge in [0.2, 0.25) is 0 Å². The van der Waals surface area contributed by atoms with Crippen molar-refractivity contribution in [1.29, 1.82) is 0 Å². The second-order valence-electron chi connectivity index (χ2n) is 9.46. The molecule has 0 amide bonds. The fourth-order valence-corrected chi connectivity index (χ4v) is 4.80. The van der Waals surface area contributed by atoms with Crippen LogP contribution in [0.15, 0.2) is 36.4 Å². The molecule has 2 atom stereocenters. The van der Waals surface area contributed by atoms with Crippen LogP contribution < -0.4 is 8.92 Å². The van der Waals surface area contributed by atoms with Crippen LogP contribution >= 0.6 is 0 Å². The smallest absolute Gasteiger partial charge is 0.306 e. The minimum atomic E-state index is -3.57. The second kappa shape index (κ2) is 10.5. The molecule has 2 aromatic carbocycles. The molecule has 0 aliphatic rings. The third-order valence-electron chi connectivity index (χ3n) is 7.17. The molecule has 0 spiro atoms. The highest BCUT2D eigenvalue weighted by Gasteiger charge is 2.32. The topological polar surface area (TPSA) is 72.8 Å². The quantitative estimate of drug-likeness (QED) is 0.407. The molecule has 33 heavy (non-hydrogen) atoms. The van der Waals surface area contributed by atoms with Gasteiger partial charge >= 0.3 is 10.1 Å². The predicted octanol–water partition coefficient (Wildman–Crippen LogP) is 5.92. The van der Waals surface area contributed by atoms with E-state index < -0.39 is 15.7 Å².